The van der Waals surface area contributed by atoms with Gasteiger partial charge in [-0.3, -0.25) is 4.68 Å². The van der Waals surface area contributed by atoms with Gasteiger partial charge in [0.1, 0.15) is 5.82 Å². The number of aromatic nitrogens is 2. The maximum Gasteiger partial charge on any atom is 0.123 e. The van der Waals surface area contributed by atoms with Gasteiger partial charge in [-0.05, 0) is 31.0 Å². The molecule has 1 heterocycles. The van der Waals surface area contributed by atoms with Crippen LogP contribution in [0.25, 0.3) is 0 Å². The predicted molar refractivity (Wildman–Crippen MR) is 64.9 cm³/mol. The van der Waals surface area contributed by atoms with E-state index in [2.05, 4.69) is 5.10 Å². The lowest BCUT2D eigenvalue weighted by Crippen LogP contribution is -2.35. The first kappa shape index (κ1) is 11.8. The van der Waals surface area contributed by atoms with Crippen LogP contribution in [0.5, 0.6) is 0 Å². The standard InChI is InChI=1S/C13H16FN3/c1-13(15,11-8-16-17(2)9-11)7-10-3-5-12(14)6-4-10/h3-6,8-9H,7,15H2,1-2H3. The summed E-state index contributed by atoms with van der Waals surface area (Å²) in [5, 5.41) is 4.12. The highest BCUT2D eigenvalue weighted by molar-refractivity contribution is 5.24. The van der Waals surface area contributed by atoms with Gasteiger partial charge in [0.25, 0.3) is 0 Å². The molecule has 0 saturated heterocycles. The number of aryl methyl sites for hydroxylation is 1. The molecule has 0 radical (unpaired) electrons. The van der Waals surface area contributed by atoms with Crippen LogP contribution in [0.1, 0.15) is 18.1 Å². The van der Waals surface area contributed by atoms with Gasteiger partial charge in [-0.15, -0.1) is 0 Å². The van der Waals surface area contributed by atoms with Crippen molar-refractivity contribution in [1.82, 2.24) is 9.78 Å². The molecule has 1 aromatic carbocycles. The average Bonchev–Trinajstić information content (AvgIpc) is 2.69. The highest BCUT2D eigenvalue weighted by atomic mass is 19.1. The number of benzene rings is 1. The van der Waals surface area contributed by atoms with Gasteiger partial charge in [-0.25, -0.2) is 4.39 Å². The lowest BCUT2D eigenvalue weighted by molar-refractivity contribution is 0.490. The van der Waals surface area contributed by atoms with E-state index in [1.54, 1.807) is 23.0 Å². The summed E-state index contributed by atoms with van der Waals surface area (Å²) in [5.74, 6) is -0.228. The van der Waals surface area contributed by atoms with Crippen LogP contribution < -0.4 is 5.73 Å². The van der Waals surface area contributed by atoms with Gasteiger partial charge in [-0.2, -0.15) is 5.10 Å². The number of rotatable bonds is 3. The predicted octanol–water partition coefficient (Wildman–Crippen LogP) is 1.98. The second-order valence-corrected chi connectivity index (χ2v) is 4.62. The van der Waals surface area contributed by atoms with Crippen LogP contribution in [0, 0.1) is 5.82 Å². The normalized spacial score (nSPS) is 14.6. The molecule has 2 rings (SSSR count). The van der Waals surface area contributed by atoms with Crippen molar-refractivity contribution in [3.8, 4) is 0 Å². The molecular formula is C13H16FN3. The lowest BCUT2D eigenvalue weighted by Gasteiger charge is -2.23. The molecular weight excluding hydrogens is 217 g/mol. The summed E-state index contributed by atoms with van der Waals surface area (Å²) in [7, 11) is 1.86. The Bertz CT molecular complexity index is 500. The summed E-state index contributed by atoms with van der Waals surface area (Å²) in [4.78, 5) is 0. The Balaban J connectivity index is 2.19. The van der Waals surface area contributed by atoms with E-state index >= 15 is 0 Å². The second kappa shape index (κ2) is 4.30. The second-order valence-electron chi connectivity index (χ2n) is 4.62. The molecule has 1 atom stereocenters. The van der Waals surface area contributed by atoms with E-state index in [0.29, 0.717) is 6.42 Å². The van der Waals surface area contributed by atoms with E-state index in [9.17, 15) is 4.39 Å². The minimum absolute atomic E-state index is 0.228. The van der Waals surface area contributed by atoms with Crippen LogP contribution in [0.2, 0.25) is 0 Å². The van der Waals surface area contributed by atoms with Crippen molar-refractivity contribution in [3.05, 3.63) is 53.6 Å². The Labute approximate surface area is 100 Å². The van der Waals surface area contributed by atoms with E-state index < -0.39 is 5.54 Å². The highest BCUT2D eigenvalue weighted by Crippen LogP contribution is 2.22. The van der Waals surface area contributed by atoms with Crippen LogP contribution >= 0.6 is 0 Å². The van der Waals surface area contributed by atoms with Crippen molar-refractivity contribution in [2.75, 3.05) is 0 Å². The van der Waals surface area contributed by atoms with Gasteiger partial charge in [0.05, 0.1) is 6.20 Å². The first-order valence-electron chi connectivity index (χ1n) is 5.50. The zero-order chi connectivity index (χ0) is 12.5. The molecule has 0 spiro atoms. The third-order valence-corrected chi connectivity index (χ3v) is 2.85. The minimum Gasteiger partial charge on any atom is -0.321 e. The molecule has 90 valence electrons. The van der Waals surface area contributed by atoms with Gasteiger partial charge in [0.2, 0.25) is 0 Å². The average molecular weight is 233 g/mol. The van der Waals surface area contributed by atoms with Gasteiger partial charge >= 0.3 is 0 Å². The van der Waals surface area contributed by atoms with E-state index in [0.717, 1.165) is 11.1 Å². The molecule has 2 aromatic rings. The molecule has 1 unspecified atom stereocenters. The third kappa shape index (κ3) is 2.71. The summed E-state index contributed by atoms with van der Waals surface area (Å²) in [5.41, 5.74) is 7.77. The van der Waals surface area contributed by atoms with E-state index in [1.807, 2.05) is 20.2 Å². The number of nitrogens with zero attached hydrogens (tertiary/aromatic N) is 2. The molecule has 2 N–H and O–H groups in total. The third-order valence-electron chi connectivity index (χ3n) is 2.85. The molecule has 0 saturated carbocycles. The van der Waals surface area contributed by atoms with Gasteiger partial charge in [0, 0.05) is 24.3 Å². The van der Waals surface area contributed by atoms with Crippen molar-refractivity contribution in [1.29, 1.82) is 0 Å². The van der Waals surface area contributed by atoms with Crippen molar-refractivity contribution in [2.24, 2.45) is 12.8 Å². The molecule has 0 aliphatic heterocycles. The molecule has 0 fully saturated rings. The smallest absolute Gasteiger partial charge is 0.123 e. The molecule has 3 nitrogen and oxygen atoms in total. The number of hydrogen-bond donors (Lipinski definition) is 1. The fourth-order valence-corrected chi connectivity index (χ4v) is 1.84. The van der Waals surface area contributed by atoms with Crippen LogP contribution in [0.3, 0.4) is 0 Å². The maximum atomic E-state index is 12.8. The highest BCUT2D eigenvalue weighted by Gasteiger charge is 2.23. The molecule has 1 aromatic heterocycles. The first-order chi connectivity index (χ1) is 7.97. The van der Waals surface area contributed by atoms with Gasteiger partial charge in [-0.1, -0.05) is 12.1 Å². The first-order valence-corrected chi connectivity index (χ1v) is 5.50. The van der Waals surface area contributed by atoms with Crippen molar-refractivity contribution in [2.45, 2.75) is 18.9 Å². The van der Waals surface area contributed by atoms with Crippen molar-refractivity contribution in [3.63, 3.8) is 0 Å². The lowest BCUT2D eigenvalue weighted by atomic mass is 9.89. The van der Waals surface area contributed by atoms with Gasteiger partial charge in [0.15, 0.2) is 0 Å². The topological polar surface area (TPSA) is 43.8 Å². The zero-order valence-electron chi connectivity index (χ0n) is 10.0. The van der Waals surface area contributed by atoms with Crippen LogP contribution in [0.4, 0.5) is 4.39 Å². The number of nitrogens with two attached hydrogens (primary N) is 1. The summed E-state index contributed by atoms with van der Waals surface area (Å²) in [6.07, 6.45) is 4.33. The number of hydrogen-bond acceptors (Lipinski definition) is 2. The zero-order valence-corrected chi connectivity index (χ0v) is 10.0. The van der Waals surface area contributed by atoms with Crippen molar-refractivity contribution < 1.29 is 4.39 Å². The van der Waals surface area contributed by atoms with E-state index in [-0.39, 0.29) is 5.82 Å². The quantitative estimate of drug-likeness (QED) is 0.881. The van der Waals surface area contributed by atoms with E-state index in [4.69, 9.17) is 5.73 Å². The van der Waals surface area contributed by atoms with Crippen molar-refractivity contribution >= 4 is 0 Å². The Kier molecular flexibility index (Phi) is 2.98. The summed E-state index contributed by atoms with van der Waals surface area (Å²) < 4.78 is 14.5. The van der Waals surface area contributed by atoms with Crippen LogP contribution in [-0.2, 0) is 19.0 Å². The summed E-state index contributed by atoms with van der Waals surface area (Å²) in [6, 6.07) is 6.43. The number of halogens is 1. The van der Waals surface area contributed by atoms with Gasteiger partial charge < -0.3 is 5.73 Å². The van der Waals surface area contributed by atoms with Crippen LogP contribution in [0.15, 0.2) is 36.7 Å². The van der Waals surface area contributed by atoms with Crippen LogP contribution in [-0.4, -0.2) is 9.78 Å². The Morgan fingerprint density at radius 2 is 2.00 bits per heavy atom. The Morgan fingerprint density at radius 3 is 2.53 bits per heavy atom. The monoisotopic (exact) mass is 233 g/mol. The molecule has 0 aliphatic rings. The Hall–Kier alpha value is -1.68. The molecule has 0 bridgehead atoms. The molecule has 0 amide bonds. The molecule has 17 heavy (non-hydrogen) atoms. The molecule has 0 aliphatic carbocycles. The SMILES string of the molecule is Cn1cc(C(C)(N)Cc2ccc(F)cc2)cn1. The maximum absolute atomic E-state index is 12.8. The fraction of sp³-hybridized carbons (Fsp3) is 0.308. The van der Waals surface area contributed by atoms with E-state index in [1.165, 1.54) is 12.1 Å². The largest absolute Gasteiger partial charge is 0.321 e. The molecule has 4 heteroatoms. The Morgan fingerprint density at radius 1 is 1.35 bits per heavy atom. The fourth-order valence-electron chi connectivity index (χ4n) is 1.84. The summed E-state index contributed by atoms with van der Waals surface area (Å²) in [6.45, 7) is 1.95. The minimum atomic E-state index is -0.494. The summed E-state index contributed by atoms with van der Waals surface area (Å²) >= 11 is 0.